The van der Waals surface area contributed by atoms with Gasteiger partial charge in [0.15, 0.2) is 0 Å². The molecule has 0 spiro atoms. The van der Waals surface area contributed by atoms with Crippen molar-refractivity contribution in [3.63, 3.8) is 0 Å². The van der Waals surface area contributed by atoms with Gasteiger partial charge in [-0.3, -0.25) is 0 Å². The van der Waals surface area contributed by atoms with Gasteiger partial charge in [-0.05, 0) is 17.7 Å². The summed E-state index contributed by atoms with van der Waals surface area (Å²) in [7, 11) is 0. The summed E-state index contributed by atoms with van der Waals surface area (Å²) >= 11 is 2.90. The number of hydrogen-bond acceptors (Lipinski definition) is 1. The molecule has 0 N–H and O–H groups in total. The van der Waals surface area contributed by atoms with E-state index in [-0.39, 0.29) is 10.6 Å². The fourth-order valence-corrected chi connectivity index (χ4v) is 1.84. The van der Waals surface area contributed by atoms with Crippen LogP contribution in [0.3, 0.4) is 0 Å². The summed E-state index contributed by atoms with van der Waals surface area (Å²) in [6, 6.07) is 4.29. The maximum absolute atomic E-state index is 12.5. The SMILES string of the molecule is FC(F)(F)c1cc(CC2CO2)ccc1Br. The van der Waals surface area contributed by atoms with Gasteiger partial charge in [0.1, 0.15) is 0 Å². The molecule has 0 bridgehead atoms. The molecule has 0 aromatic heterocycles. The molecule has 1 aliphatic rings. The first kappa shape index (κ1) is 11.0. The predicted octanol–water partition coefficient (Wildman–Crippen LogP) is 3.41. The van der Waals surface area contributed by atoms with Crippen LogP contribution in [0.25, 0.3) is 0 Å². The summed E-state index contributed by atoms with van der Waals surface area (Å²) in [6.45, 7) is 0.650. The largest absolute Gasteiger partial charge is 0.417 e. The fraction of sp³-hybridized carbons (Fsp3) is 0.400. The van der Waals surface area contributed by atoms with Gasteiger partial charge in [0, 0.05) is 10.9 Å². The Balaban J connectivity index is 2.27. The van der Waals surface area contributed by atoms with Crippen molar-refractivity contribution >= 4 is 15.9 Å². The summed E-state index contributed by atoms with van der Waals surface area (Å²) in [4.78, 5) is 0. The lowest BCUT2D eigenvalue weighted by atomic mass is 10.1. The van der Waals surface area contributed by atoms with Crippen LogP contribution < -0.4 is 0 Å². The van der Waals surface area contributed by atoms with Gasteiger partial charge in [0.05, 0.1) is 18.3 Å². The van der Waals surface area contributed by atoms with E-state index in [1.165, 1.54) is 12.1 Å². The smallest absolute Gasteiger partial charge is 0.373 e. The topological polar surface area (TPSA) is 12.5 Å². The van der Waals surface area contributed by atoms with E-state index in [0.29, 0.717) is 18.6 Å². The second-order valence-electron chi connectivity index (χ2n) is 3.47. The van der Waals surface area contributed by atoms with Crippen LogP contribution in [0.5, 0.6) is 0 Å². The van der Waals surface area contributed by atoms with Crippen LogP contribution >= 0.6 is 15.9 Å². The first-order valence-corrected chi connectivity index (χ1v) is 5.23. The summed E-state index contributed by atoms with van der Waals surface area (Å²) in [5, 5.41) is 0. The van der Waals surface area contributed by atoms with E-state index in [0.717, 1.165) is 0 Å². The highest BCUT2D eigenvalue weighted by atomic mass is 79.9. The number of hydrogen-bond donors (Lipinski definition) is 0. The van der Waals surface area contributed by atoms with Gasteiger partial charge in [-0.25, -0.2) is 0 Å². The molecule has 1 fully saturated rings. The lowest BCUT2D eigenvalue weighted by Crippen LogP contribution is -2.07. The first-order valence-electron chi connectivity index (χ1n) is 4.44. The van der Waals surface area contributed by atoms with E-state index in [1.54, 1.807) is 6.07 Å². The molecule has 0 radical (unpaired) electrons. The first-order chi connectivity index (χ1) is 6.97. The molecule has 0 amide bonds. The third-order valence-electron chi connectivity index (χ3n) is 2.20. The zero-order valence-electron chi connectivity index (χ0n) is 7.64. The van der Waals surface area contributed by atoms with Crippen molar-refractivity contribution in [3.8, 4) is 0 Å². The minimum Gasteiger partial charge on any atom is -0.373 e. The van der Waals surface area contributed by atoms with E-state index in [4.69, 9.17) is 4.74 Å². The Kier molecular flexibility index (Phi) is 2.77. The van der Waals surface area contributed by atoms with Crippen molar-refractivity contribution in [3.05, 3.63) is 33.8 Å². The monoisotopic (exact) mass is 280 g/mol. The number of alkyl halides is 3. The zero-order chi connectivity index (χ0) is 11.1. The van der Waals surface area contributed by atoms with E-state index in [2.05, 4.69) is 15.9 Å². The molecule has 1 aromatic carbocycles. The summed E-state index contributed by atoms with van der Waals surface area (Å²) in [5.74, 6) is 0. The molecule has 1 unspecified atom stereocenters. The fourth-order valence-electron chi connectivity index (χ4n) is 1.37. The number of epoxide rings is 1. The molecule has 1 nitrogen and oxygen atoms in total. The van der Waals surface area contributed by atoms with Crippen LogP contribution in [0, 0.1) is 0 Å². The molecule has 15 heavy (non-hydrogen) atoms. The van der Waals surface area contributed by atoms with Crippen molar-refractivity contribution in [1.29, 1.82) is 0 Å². The third-order valence-corrected chi connectivity index (χ3v) is 2.89. The van der Waals surface area contributed by atoms with Gasteiger partial charge in [-0.15, -0.1) is 0 Å². The highest BCUT2D eigenvalue weighted by Crippen LogP contribution is 2.35. The number of halogens is 4. The van der Waals surface area contributed by atoms with Crippen molar-refractivity contribution in [2.24, 2.45) is 0 Å². The van der Waals surface area contributed by atoms with E-state index in [1.807, 2.05) is 0 Å². The third kappa shape index (κ3) is 2.72. The van der Waals surface area contributed by atoms with E-state index < -0.39 is 11.7 Å². The Morgan fingerprint density at radius 1 is 1.40 bits per heavy atom. The molecule has 1 heterocycles. The Hall–Kier alpha value is -0.550. The Labute approximate surface area is 93.4 Å². The van der Waals surface area contributed by atoms with Gasteiger partial charge in [-0.1, -0.05) is 22.0 Å². The molecule has 1 aromatic rings. The molecule has 0 saturated carbocycles. The molecule has 0 aliphatic carbocycles. The van der Waals surface area contributed by atoms with Gasteiger partial charge < -0.3 is 4.74 Å². The minimum atomic E-state index is -4.31. The molecule has 1 aliphatic heterocycles. The van der Waals surface area contributed by atoms with E-state index in [9.17, 15) is 13.2 Å². The van der Waals surface area contributed by atoms with Gasteiger partial charge in [0.25, 0.3) is 0 Å². The van der Waals surface area contributed by atoms with Crippen molar-refractivity contribution in [1.82, 2.24) is 0 Å². The summed E-state index contributed by atoms with van der Waals surface area (Å²) in [6.07, 6.45) is -3.65. The molecular weight excluding hydrogens is 273 g/mol. The van der Waals surface area contributed by atoms with Crippen molar-refractivity contribution in [2.75, 3.05) is 6.61 Å². The average molecular weight is 281 g/mol. The zero-order valence-corrected chi connectivity index (χ0v) is 9.23. The van der Waals surface area contributed by atoms with Crippen LogP contribution in [0.15, 0.2) is 22.7 Å². The predicted molar refractivity (Wildman–Crippen MR) is 52.6 cm³/mol. The van der Waals surface area contributed by atoms with E-state index >= 15 is 0 Å². The number of ether oxygens (including phenoxy) is 1. The maximum Gasteiger partial charge on any atom is 0.417 e. The van der Waals surface area contributed by atoms with Gasteiger partial charge in [0.2, 0.25) is 0 Å². The minimum absolute atomic E-state index is 0.0791. The summed E-state index contributed by atoms with van der Waals surface area (Å²) in [5.41, 5.74) is 0.0358. The van der Waals surface area contributed by atoms with Crippen LogP contribution in [-0.4, -0.2) is 12.7 Å². The Morgan fingerprint density at radius 3 is 2.60 bits per heavy atom. The van der Waals surface area contributed by atoms with Crippen LogP contribution in [-0.2, 0) is 17.3 Å². The van der Waals surface area contributed by atoms with Crippen LogP contribution in [0.2, 0.25) is 0 Å². The lowest BCUT2D eigenvalue weighted by Gasteiger charge is -2.10. The number of rotatable bonds is 2. The standard InChI is InChI=1S/C10H8BrF3O/c11-9-2-1-6(3-7-5-15-7)4-8(9)10(12,13)14/h1-2,4,7H,3,5H2. The molecule has 2 rings (SSSR count). The van der Waals surface area contributed by atoms with Crippen molar-refractivity contribution in [2.45, 2.75) is 18.7 Å². The highest BCUT2D eigenvalue weighted by molar-refractivity contribution is 9.10. The second-order valence-corrected chi connectivity index (χ2v) is 4.33. The average Bonchev–Trinajstić information content (AvgIpc) is 2.90. The van der Waals surface area contributed by atoms with Crippen LogP contribution in [0.1, 0.15) is 11.1 Å². The van der Waals surface area contributed by atoms with Crippen LogP contribution in [0.4, 0.5) is 13.2 Å². The van der Waals surface area contributed by atoms with Crippen molar-refractivity contribution < 1.29 is 17.9 Å². The quantitative estimate of drug-likeness (QED) is 0.757. The second kappa shape index (κ2) is 3.79. The Morgan fingerprint density at radius 2 is 2.07 bits per heavy atom. The molecule has 82 valence electrons. The van der Waals surface area contributed by atoms with Gasteiger partial charge in [-0.2, -0.15) is 13.2 Å². The highest BCUT2D eigenvalue weighted by Gasteiger charge is 2.33. The normalized spacial score (nSPS) is 20.4. The number of benzene rings is 1. The lowest BCUT2D eigenvalue weighted by molar-refractivity contribution is -0.138. The molecular formula is C10H8BrF3O. The van der Waals surface area contributed by atoms with Gasteiger partial charge >= 0.3 is 6.18 Å². The molecule has 1 saturated heterocycles. The molecule has 1 atom stereocenters. The molecule has 5 heteroatoms. The Bertz CT molecular complexity index is 371. The maximum atomic E-state index is 12.5. The summed E-state index contributed by atoms with van der Waals surface area (Å²) < 4.78 is 42.6.